The summed E-state index contributed by atoms with van der Waals surface area (Å²) in [5.74, 6) is 0.546. The van der Waals surface area contributed by atoms with Crippen molar-refractivity contribution in [3.05, 3.63) is 120 Å². The highest BCUT2D eigenvalue weighted by Crippen LogP contribution is 2.35. The molecule has 0 aromatic heterocycles. The summed E-state index contributed by atoms with van der Waals surface area (Å²) in [6.45, 7) is 10.8. The summed E-state index contributed by atoms with van der Waals surface area (Å²) >= 11 is 0. The number of rotatable bonds is 8. The van der Waals surface area contributed by atoms with E-state index in [2.05, 4.69) is 88.0 Å². The van der Waals surface area contributed by atoms with E-state index in [-0.39, 0.29) is 0 Å². The Bertz CT molecular complexity index is 1020. The number of nitrogens with zero attached hydrogens (tertiary/aromatic N) is 1. The first-order valence-corrected chi connectivity index (χ1v) is 10.8. The Labute approximate surface area is 181 Å². The van der Waals surface area contributed by atoms with Gasteiger partial charge in [0, 0.05) is 11.1 Å². The molecule has 1 heteroatoms. The van der Waals surface area contributed by atoms with Gasteiger partial charge in [-0.1, -0.05) is 105 Å². The normalized spacial score (nSPS) is 12.6. The fourth-order valence-electron chi connectivity index (χ4n) is 3.97. The van der Waals surface area contributed by atoms with Crippen LogP contribution in [0.15, 0.2) is 103 Å². The molecular weight excluding hydrogens is 362 g/mol. The first-order chi connectivity index (χ1) is 14.7. The van der Waals surface area contributed by atoms with E-state index < -0.39 is 0 Å². The van der Waals surface area contributed by atoms with Gasteiger partial charge in [-0.15, -0.1) is 0 Å². The molecule has 0 saturated heterocycles. The van der Waals surface area contributed by atoms with Crippen molar-refractivity contribution in [2.24, 2.45) is 4.99 Å². The molecule has 0 aliphatic heterocycles. The lowest BCUT2D eigenvalue weighted by atomic mass is 9.86. The zero-order valence-electron chi connectivity index (χ0n) is 18.3. The van der Waals surface area contributed by atoms with Gasteiger partial charge in [0.2, 0.25) is 0 Å². The van der Waals surface area contributed by atoms with E-state index in [1.54, 1.807) is 0 Å². The Balaban J connectivity index is 2.25. The smallest absolute Gasteiger partial charge is 0.0744 e. The predicted octanol–water partition coefficient (Wildman–Crippen LogP) is 8.15. The van der Waals surface area contributed by atoms with Gasteiger partial charge in [0.25, 0.3) is 0 Å². The fraction of sp³-hybridized carbons (Fsp3) is 0.207. The van der Waals surface area contributed by atoms with Crippen molar-refractivity contribution in [2.75, 3.05) is 0 Å². The molecule has 0 heterocycles. The second-order valence-corrected chi connectivity index (χ2v) is 7.51. The van der Waals surface area contributed by atoms with Crippen LogP contribution in [0.1, 0.15) is 61.8 Å². The number of hydrogen-bond acceptors (Lipinski definition) is 1. The second kappa shape index (κ2) is 10.5. The molecule has 0 aliphatic rings. The first kappa shape index (κ1) is 21.5. The Hall–Kier alpha value is -3.19. The van der Waals surface area contributed by atoms with Crippen LogP contribution in [0.5, 0.6) is 0 Å². The van der Waals surface area contributed by atoms with Crippen LogP contribution < -0.4 is 0 Å². The molecule has 0 N–H and O–H groups in total. The van der Waals surface area contributed by atoms with Crippen LogP contribution in [-0.2, 0) is 0 Å². The second-order valence-electron chi connectivity index (χ2n) is 7.51. The molecular formula is C29H31N. The summed E-state index contributed by atoms with van der Waals surface area (Å²) < 4.78 is 0. The topological polar surface area (TPSA) is 12.4 Å². The molecule has 3 aromatic rings. The Morgan fingerprint density at radius 1 is 0.800 bits per heavy atom. The lowest BCUT2D eigenvalue weighted by Crippen LogP contribution is -2.02. The third-order valence-corrected chi connectivity index (χ3v) is 5.69. The molecule has 0 fully saturated rings. The maximum absolute atomic E-state index is 5.14. The van der Waals surface area contributed by atoms with E-state index in [1.807, 2.05) is 30.3 Å². The Kier molecular flexibility index (Phi) is 7.57. The van der Waals surface area contributed by atoms with Crippen molar-refractivity contribution >= 4 is 17.0 Å². The summed E-state index contributed by atoms with van der Waals surface area (Å²) in [5.41, 5.74) is 7.95. The van der Waals surface area contributed by atoms with Crippen molar-refractivity contribution in [2.45, 2.75) is 39.5 Å². The van der Waals surface area contributed by atoms with E-state index in [4.69, 9.17) is 4.99 Å². The van der Waals surface area contributed by atoms with E-state index in [0.717, 1.165) is 35.4 Å². The minimum atomic E-state index is 0.546. The molecule has 0 bridgehead atoms. The number of aliphatic imine (C=N–C) groups is 1. The Morgan fingerprint density at radius 3 is 1.90 bits per heavy atom. The lowest BCUT2D eigenvalue weighted by molar-refractivity contribution is 0.640. The zero-order chi connectivity index (χ0) is 21.3. The summed E-state index contributed by atoms with van der Waals surface area (Å²) in [4.78, 5) is 5.14. The Morgan fingerprint density at radius 2 is 1.33 bits per heavy atom. The predicted molar refractivity (Wildman–Crippen MR) is 132 cm³/mol. The van der Waals surface area contributed by atoms with Crippen molar-refractivity contribution in [1.82, 2.24) is 0 Å². The van der Waals surface area contributed by atoms with Crippen LogP contribution in [-0.4, -0.2) is 5.71 Å². The summed E-state index contributed by atoms with van der Waals surface area (Å²) in [7, 11) is 0. The van der Waals surface area contributed by atoms with Crippen LogP contribution in [0, 0.1) is 0 Å². The number of hydrogen-bond donors (Lipinski definition) is 0. The summed E-state index contributed by atoms with van der Waals surface area (Å²) in [6.07, 6.45) is 4.11. The molecule has 0 aliphatic carbocycles. The van der Waals surface area contributed by atoms with Gasteiger partial charge in [0.15, 0.2) is 0 Å². The molecule has 152 valence electrons. The summed E-state index contributed by atoms with van der Waals surface area (Å²) in [6, 6.07) is 29.5. The minimum absolute atomic E-state index is 0.546. The number of allylic oxidation sites excluding steroid dienone is 2. The van der Waals surface area contributed by atoms with Gasteiger partial charge >= 0.3 is 0 Å². The van der Waals surface area contributed by atoms with Crippen LogP contribution in [0.4, 0.5) is 0 Å². The van der Waals surface area contributed by atoms with E-state index >= 15 is 0 Å². The molecule has 3 aromatic carbocycles. The van der Waals surface area contributed by atoms with Gasteiger partial charge in [-0.05, 0) is 48.5 Å². The van der Waals surface area contributed by atoms with E-state index in [0.29, 0.717) is 5.92 Å². The molecule has 0 unspecified atom stereocenters. The molecule has 3 rings (SSSR count). The maximum Gasteiger partial charge on any atom is 0.0744 e. The monoisotopic (exact) mass is 393 g/mol. The largest absolute Gasteiger partial charge is 0.248 e. The van der Waals surface area contributed by atoms with Crippen molar-refractivity contribution in [3.8, 4) is 0 Å². The van der Waals surface area contributed by atoms with Gasteiger partial charge in [0.1, 0.15) is 0 Å². The zero-order valence-corrected chi connectivity index (χ0v) is 18.3. The van der Waals surface area contributed by atoms with E-state index in [1.165, 1.54) is 16.7 Å². The van der Waals surface area contributed by atoms with Crippen LogP contribution >= 0.6 is 0 Å². The molecule has 1 nitrogen and oxygen atoms in total. The SMILES string of the molecule is C=CC(=N/C(=C(\C)c1ccccc1C(CC)CC)c1ccccc1)c1ccccc1. The molecule has 30 heavy (non-hydrogen) atoms. The third-order valence-electron chi connectivity index (χ3n) is 5.69. The van der Waals surface area contributed by atoms with Gasteiger partial charge in [-0.2, -0.15) is 0 Å². The average Bonchev–Trinajstić information content (AvgIpc) is 2.82. The maximum atomic E-state index is 5.14. The highest BCUT2D eigenvalue weighted by atomic mass is 14.8. The van der Waals surface area contributed by atoms with Crippen molar-refractivity contribution in [3.63, 3.8) is 0 Å². The van der Waals surface area contributed by atoms with E-state index in [9.17, 15) is 0 Å². The molecule has 0 spiro atoms. The quantitative estimate of drug-likeness (QED) is 0.270. The highest BCUT2D eigenvalue weighted by molar-refractivity contribution is 6.12. The van der Waals surface area contributed by atoms with Crippen molar-refractivity contribution in [1.29, 1.82) is 0 Å². The summed E-state index contributed by atoms with van der Waals surface area (Å²) in [5, 5.41) is 0. The van der Waals surface area contributed by atoms with Crippen LogP contribution in [0.25, 0.3) is 11.3 Å². The van der Waals surface area contributed by atoms with Gasteiger partial charge in [-0.3, -0.25) is 0 Å². The lowest BCUT2D eigenvalue weighted by Gasteiger charge is -2.20. The fourth-order valence-corrected chi connectivity index (χ4v) is 3.97. The first-order valence-electron chi connectivity index (χ1n) is 10.8. The average molecular weight is 394 g/mol. The highest BCUT2D eigenvalue weighted by Gasteiger charge is 2.16. The standard InChI is InChI=1S/C29H31N/c1-5-23(6-2)27-21-15-14-20-26(27)22(4)29(25-18-12-9-13-19-25)30-28(7-3)24-16-10-8-11-17-24/h7-21,23H,3,5-6H2,1-2,4H3/b29-22+,30-28?. The molecule has 0 saturated carbocycles. The van der Waals surface area contributed by atoms with Gasteiger partial charge < -0.3 is 0 Å². The minimum Gasteiger partial charge on any atom is -0.248 e. The van der Waals surface area contributed by atoms with Crippen LogP contribution in [0.3, 0.4) is 0 Å². The molecule has 0 atom stereocenters. The third kappa shape index (κ3) is 4.86. The van der Waals surface area contributed by atoms with Gasteiger partial charge in [0.05, 0.1) is 11.4 Å². The molecule has 0 radical (unpaired) electrons. The van der Waals surface area contributed by atoms with Gasteiger partial charge in [-0.25, -0.2) is 4.99 Å². The van der Waals surface area contributed by atoms with Crippen molar-refractivity contribution < 1.29 is 0 Å². The number of benzene rings is 3. The molecule has 0 amide bonds. The van der Waals surface area contributed by atoms with Crippen LogP contribution in [0.2, 0.25) is 0 Å².